The van der Waals surface area contributed by atoms with Crippen LogP contribution < -0.4 is 0 Å². The van der Waals surface area contributed by atoms with Gasteiger partial charge in [0.25, 0.3) is 0 Å². The summed E-state index contributed by atoms with van der Waals surface area (Å²) in [4.78, 5) is 11.3. The number of ketones is 1. The molecule has 0 aromatic heterocycles. The van der Waals surface area contributed by atoms with Crippen molar-refractivity contribution in [3.63, 3.8) is 0 Å². The summed E-state index contributed by atoms with van der Waals surface area (Å²) in [7, 11) is 0. The molecule has 2 heteroatoms. The molecule has 0 saturated carbocycles. The fourth-order valence-corrected chi connectivity index (χ4v) is 1.27. The standard InChI is InChI=1S/C11H13FO/c1-3-11(13)8(2)9-5-4-6-10(12)7-9/h4-8H,3H2,1-2H3. The Morgan fingerprint density at radius 1 is 1.54 bits per heavy atom. The van der Waals surface area contributed by atoms with Gasteiger partial charge in [-0.2, -0.15) is 0 Å². The first-order chi connectivity index (χ1) is 6.15. The number of hydrogen-bond donors (Lipinski definition) is 0. The second-order valence-corrected chi connectivity index (χ2v) is 3.10. The van der Waals surface area contributed by atoms with E-state index in [1.165, 1.54) is 12.1 Å². The van der Waals surface area contributed by atoms with Crippen molar-refractivity contribution in [2.75, 3.05) is 0 Å². The number of Topliss-reactive ketones (excluding diaryl/α,β-unsaturated/α-hetero) is 1. The first kappa shape index (κ1) is 9.90. The smallest absolute Gasteiger partial charge is 0.139 e. The fourth-order valence-electron chi connectivity index (χ4n) is 1.27. The lowest BCUT2D eigenvalue weighted by Crippen LogP contribution is -2.07. The maximum Gasteiger partial charge on any atom is 0.139 e. The van der Waals surface area contributed by atoms with Gasteiger partial charge in [-0.05, 0) is 17.7 Å². The zero-order valence-corrected chi connectivity index (χ0v) is 7.88. The summed E-state index contributed by atoms with van der Waals surface area (Å²) in [6.45, 7) is 3.62. The van der Waals surface area contributed by atoms with Gasteiger partial charge in [0.15, 0.2) is 0 Å². The van der Waals surface area contributed by atoms with E-state index in [9.17, 15) is 9.18 Å². The number of benzene rings is 1. The van der Waals surface area contributed by atoms with Crippen LogP contribution in [0.3, 0.4) is 0 Å². The van der Waals surface area contributed by atoms with Crippen LogP contribution in [0.2, 0.25) is 0 Å². The molecule has 1 atom stereocenters. The predicted octanol–water partition coefficient (Wildman–Crippen LogP) is 2.91. The molecule has 0 aliphatic heterocycles. The minimum absolute atomic E-state index is 0.144. The Morgan fingerprint density at radius 3 is 2.77 bits per heavy atom. The second-order valence-electron chi connectivity index (χ2n) is 3.10. The van der Waals surface area contributed by atoms with Gasteiger partial charge in [0.2, 0.25) is 0 Å². The number of hydrogen-bond acceptors (Lipinski definition) is 1. The third kappa shape index (κ3) is 2.38. The van der Waals surface area contributed by atoms with Gasteiger partial charge in [0, 0.05) is 12.3 Å². The van der Waals surface area contributed by atoms with Crippen molar-refractivity contribution in [1.29, 1.82) is 0 Å². The zero-order chi connectivity index (χ0) is 9.84. The molecule has 0 aliphatic rings. The highest BCUT2D eigenvalue weighted by Crippen LogP contribution is 2.18. The van der Waals surface area contributed by atoms with E-state index in [1.807, 2.05) is 6.92 Å². The van der Waals surface area contributed by atoms with E-state index in [1.54, 1.807) is 19.1 Å². The number of halogens is 1. The molecule has 0 amide bonds. The van der Waals surface area contributed by atoms with Gasteiger partial charge in [-0.15, -0.1) is 0 Å². The van der Waals surface area contributed by atoms with Gasteiger partial charge >= 0.3 is 0 Å². The Bertz CT molecular complexity index is 307. The predicted molar refractivity (Wildman–Crippen MR) is 50.1 cm³/mol. The van der Waals surface area contributed by atoms with Crippen LogP contribution in [0.1, 0.15) is 31.7 Å². The zero-order valence-electron chi connectivity index (χ0n) is 7.88. The highest BCUT2D eigenvalue weighted by molar-refractivity contribution is 5.84. The van der Waals surface area contributed by atoms with Crippen molar-refractivity contribution in [3.8, 4) is 0 Å². The summed E-state index contributed by atoms with van der Waals surface area (Å²) in [5.74, 6) is -0.334. The van der Waals surface area contributed by atoms with Crippen LogP contribution >= 0.6 is 0 Å². The molecule has 13 heavy (non-hydrogen) atoms. The Labute approximate surface area is 77.6 Å². The van der Waals surface area contributed by atoms with Crippen LogP contribution in [0, 0.1) is 5.82 Å². The maximum atomic E-state index is 12.8. The molecule has 0 bridgehead atoms. The van der Waals surface area contributed by atoms with E-state index in [2.05, 4.69) is 0 Å². The molecule has 0 N–H and O–H groups in total. The average Bonchev–Trinajstić information content (AvgIpc) is 2.15. The van der Waals surface area contributed by atoms with Crippen molar-refractivity contribution >= 4 is 5.78 Å². The fraction of sp³-hybridized carbons (Fsp3) is 0.364. The van der Waals surface area contributed by atoms with Gasteiger partial charge in [-0.3, -0.25) is 4.79 Å². The normalized spacial score (nSPS) is 12.5. The molecule has 1 aromatic carbocycles. The molecule has 0 aliphatic carbocycles. The molecule has 1 unspecified atom stereocenters. The summed E-state index contributed by atoms with van der Waals surface area (Å²) in [5, 5.41) is 0. The number of carbonyl (C=O) groups is 1. The summed E-state index contributed by atoms with van der Waals surface area (Å²) in [5.41, 5.74) is 0.756. The summed E-state index contributed by atoms with van der Waals surface area (Å²) in [6.07, 6.45) is 0.498. The van der Waals surface area contributed by atoms with E-state index in [0.717, 1.165) is 5.56 Å². The van der Waals surface area contributed by atoms with Crippen molar-refractivity contribution in [1.82, 2.24) is 0 Å². The van der Waals surface area contributed by atoms with E-state index < -0.39 is 0 Å². The minimum atomic E-state index is -0.284. The molecule has 0 spiro atoms. The third-order valence-electron chi connectivity index (χ3n) is 2.18. The lowest BCUT2D eigenvalue weighted by Gasteiger charge is -2.08. The topological polar surface area (TPSA) is 17.1 Å². The average molecular weight is 180 g/mol. The summed E-state index contributed by atoms with van der Waals surface area (Å²) < 4.78 is 12.8. The van der Waals surface area contributed by atoms with Crippen molar-refractivity contribution in [3.05, 3.63) is 35.6 Å². The van der Waals surface area contributed by atoms with Gasteiger partial charge < -0.3 is 0 Å². The van der Waals surface area contributed by atoms with E-state index >= 15 is 0 Å². The molecule has 1 rings (SSSR count). The molecule has 1 aromatic rings. The first-order valence-corrected chi connectivity index (χ1v) is 4.43. The number of carbonyl (C=O) groups excluding carboxylic acids is 1. The molecule has 1 nitrogen and oxygen atoms in total. The largest absolute Gasteiger partial charge is 0.299 e. The maximum absolute atomic E-state index is 12.8. The van der Waals surface area contributed by atoms with Crippen LogP contribution in [-0.2, 0) is 4.79 Å². The van der Waals surface area contributed by atoms with E-state index in [0.29, 0.717) is 6.42 Å². The third-order valence-corrected chi connectivity index (χ3v) is 2.18. The van der Waals surface area contributed by atoms with Crippen LogP contribution in [0.4, 0.5) is 4.39 Å². The lowest BCUT2D eigenvalue weighted by molar-refractivity contribution is -0.119. The molecule has 0 radical (unpaired) electrons. The molecule has 0 heterocycles. The molecular formula is C11H13FO. The van der Waals surface area contributed by atoms with Crippen LogP contribution in [0.15, 0.2) is 24.3 Å². The monoisotopic (exact) mass is 180 g/mol. The Hall–Kier alpha value is -1.18. The molecule has 0 saturated heterocycles. The lowest BCUT2D eigenvalue weighted by atomic mass is 9.95. The highest BCUT2D eigenvalue weighted by Gasteiger charge is 2.12. The van der Waals surface area contributed by atoms with E-state index in [-0.39, 0.29) is 17.5 Å². The quantitative estimate of drug-likeness (QED) is 0.699. The molecular weight excluding hydrogens is 167 g/mol. The minimum Gasteiger partial charge on any atom is -0.299 e. The summed E-state index contributed by atoms with van der Waals surface area (Å²) in [6, 6.07) is 6.20. The van der Waals surface area contributed by atoms with E-state index in [4.69, 9.17) is 0 Å². The molecule has 70 valence electrons. The Morgan fingerprint density at radius 2 is 2.23 bits per heavy atom. The number of rotatable bonds is 3. The van der Waals surface area contributed by atoms with Crippen LogP contribution in [-0.4, -0.2) is 5.78 Å². The van der Waals surface area contributed by atoms with Gasteiger partial charge in [0.1, 0.15) is 11.6 Å². The van der Waals surface area contributed by atoms with Gasteiger partial charge in [-0.1, -0.05) is 26.0 Å². The SMILES string of the molecule is CCC(=O)C(C)c1cccc(F)c1. The first-order valence-electron chi connectivity index (χ1n) is 4.43. The Balaban J connectivity index is 2.88. The second kappa shape index (κ2) is 4.17. The van der Waals surface area contributed by atoms with Crippen molar-refractivity contribution < 1.29 is 9.18 Å². The van der Waals surface area contributed by atoms with Gasteiger partial charge in [0.05, 0.1) is 0 Å². The highest BCUT2D eigenvalue weighted by atomic mass is 19.1. The van der Waals surface area contributed by atoms with Crippen molar-refractivity contribution in [2.24, 2.45) is 0 Å². The Kier molecular flexibility index (Phi) is 3.18. The molecule has 0 fully saturated rings. The van der Waals surface area contributed by atoms with Crippen molar-refractivity contribution in [2.45, 2.75) is 26.2 Å². The van der Waals surface area contributed by atoms with Crippen LogP contribution in [0.5, 0.6) is 0 Å². The van der Waals surface area contributed by atoms with Crippen LogP contribution in [0.25, 0.3) is 0 Å². The van der Waals surface area contributed by atoms with Gasteiger partial charge in [-0.25, -0.2) is 4.39 Å². The summed E-state index contributed by atoms with van der Waals surface area (Å²) >= 11 is 0.